The summed E-state index contributed by atoms with van der Waals surface area (Å²) in [5, 5.41) is 17.8. The van der Waals surface area contributed by atoms with Crippen molar-refractivity contribution in [2.45, 2.75) is 18.9 Å². The van der Waals surface area contributed by atoms with E-state index in [9.17, 15) is 4.79 Å². The second-order valence-electron chi connectivity index (χ2n) is 3.87. The Balaban J connectivity index is 1.94. The molecular formula is C10H13BN2O3. The third kappa shape index (κ3) is 2.82. The van der Waals surface area contributed by atoms with Crippen LogP contribution in [-0.2, 0) is 0 Å². The summed E-state index contributed by atoms with van der Waals surface area (Å²) in [6.45, 7) is 0. The zero-order chi connectivity index (χ0) is 11.5. The first-order chi connectivity index (χ1) is 7.66. The van der Waals surface area contributed by atoms with Crippen LogP contribution in [0.3, 0.4) is 0 Å². The van der Waals surface area contributed by atoms with Gasteiger partial charge in [0.15, 0.2) is 0 Å². The average molecular weight is 220 g/mol. The Morgan fingerprint density at radius 3 is 2.38 bits per heavy atom. The molecule has 2 rings (SSSR count). The van der Waals surface area contributed by atoms with E-state index in [-0.39, 0.29) is 5.91 Å². The molecule has 1 aliphatic carbocycles. The normalized spacial score (nSPS) is 14.6. The fourth-order valence-electron chi connectivity index (χ4n) is 1.27. The van der Waals surface area contributed by atoms with Gasteiger partial charge in [-0.15, -0.1) is 0 Å². The minimum atomic E-state index is -1.50. The van der Waals surface area contributed by atoms with Gasteiger partial charge < -0.3 is 10.0 Å². The number of hydrogen-bond donors (Lipinski definition) is 4. The number of carbonyl (C=O) groups excluding carboxylic acids is 1. The summed E-state index contributed by atoms with van der Waals surface area (Å²) in [6.07, 6.45) is 2.19. The maximum Gasteiger partial charge on any atom is 0.488 e. The molecule has 6 heteroatoms. The minimum Gasteiger partial charge on any atom is -0.423 e. The number of nitrogens with one attached hydrogen (secondary N) is 2. The first kappa shape index (κ1) is 11.1. The first-order valence-electron chi connectivity index (χ1n) is 5.19. The van der Waals surface area contributed by atoms with Gasteiger partial charge in [0.05, 0.1) is 0 Å². The molecule has 0 atom stereocenters. The summed E-state index contributed by atoms with van der Waals surface area (Å²) in [6, 6.07) is 6.53. The van der Waals surface area contributed by atoms with Gasteiger partial charge in [-0.05, 0) is 30.4 Å². The van der Waals surface area contributed by atoms with Crippen LogP contribution in [0.25, 0.3) is 0 Å². The Morgan fingerprint density at radius 2 is 1.88 bits per heavy atom. The van der Waals surface area contributed by atoms with Crippen molar-refractivity contribution in [3.63, 3.8) is 0 Å². The smallest absolute Gasteiger partial charge is 0.423 e. The molecule has 1 aliphatic rings. The van der Waals surface area contributed by atoms with Crippen LogP contribution in [0.15, 0.2) is 24.3 Å². The molecule has 0 heterocycles. The third-order valence-corrected chi connectivity index (χ3v) is 2.44. The van der Waals surface area contributed by atoms with Crippen molar-refractivity contribution in [3.05, 3.63) is 29.8 Å². The van der Waals surface area contributed by atoms with Gasteiger partial charge in [-0.25, -0.2) is 5.43 Å². The quantitative estimate of drug-likeness (QED) is 0.378. The second-order valence-corrected chi connectivity index (χ2v) is 3.87. The molecule has 5 nitrogen and oxygen atoms in total. The Labute approximate surface area is 93.6 Å². The zero-order valence-corrected chi connectivity index (χ0v) is 8.68. The van der Waals surface area contributed by atoms with Gasteiger partial charge in [0, 0.05) is 11.6 Å². The summed E-state index contributed by atoms with van der Waals surface area (Å²) in [4.78, 5) is 11.6. The van der Waals surface area contributed by atoms with Crippen molar-refractivity contribution in [2.24, 2.45) is 0 Å². The van der Waals surface area contributed by atoms with Gasteiger partial charge in [0.2, 0.25) is 0 Å². The van der Waals surface area contributed by atoms with E-state index < -0.39 is 7.12 Å². The average Bonchev–Trinajstić information content (AvgIpc) is 3.10. The molecule has 0 saturated heterocycles. The molecular weight excluding hydrogens is 207 g/mol. The Kier molecular flexibility index (Phi) is 3.23. The van der Waals surface area contributed by atoms with Gasteiger partial charge in [0.25, 0.3) is 5.91 Å². The van der Waals surface area contributed by atoms with Crippen molar-refractivity contribution >= 4 is 18.5 Å². The summed E-state index contributed by atoms with van der Waals surface area (Å²) >= 11 is 0. The summed E-state index contributed by atoms with van der Waals surface area (Å²) in [5.41, 5.74) is 6.34. The largest absolute Gasteiger partial charge is 0.488 e. The Hall–Kier alpha value is -1.37. The second kappa shape index (κ2) is 4.65. The maximum atomic E-state index is 11.6. The molecule has 1 amide bonds. The molecule has 1 saturated carbocycles. The van der Waals surface area contributed by atoms with E-state index in [0.29, 0.717) is 17.1 Å². The van der Waals surface area contributed by atoms with Crippen LogP contribution in [0.4, 0.5) is 0 Å². The number of carbonyl (C=O) groups is 1. The highest BCUT2D eigenvalue weighted by Gasteiger charge is 2.21. The van der Waals surface area contributed by atoms with Crippen molar-refractivity contribution in [2.75, 3.05) is 0 Å². The lowest BCUT2D eigenvalue weighted by Crippen LogP contribution is -2.39. The molecule has 84 valence electrons. The fraction of sp³-hybridized carbons (Fsp3) is 0.300. The SMILES string of the molecule is O=C(NNC1CC1)c1ccc(B(O)O)cc1. The highest BCUT2D eigenvalue weighted by Crippen LogP contribution is 2.17. The lowest BCUT2D eigenvalue weighted by atomic mass is 9.80. The molecule has 1 aromatic rings. The van der Waals surface area contributed by atoms with Crippen molar-refractivity contribution in [1.82, 2.24) is 10.9 Å². The van der Waals surface area contributed by atoms with E-state index in [0.717, 1.165) is 12.8 Å². The zero-order valence-electron chi connectivity index (χ0n) is 8.68. The fourth-order valence-corrected chi connectivity index (χ4v) is 1.27. The van der Waals surface area contributed by atoms with Gasteiger partial charge in [0.1, 0.15) is 0 Å². The van der Waals surface area contributed by atoms with Crippen molar-refractivity contribution in [3.8, 4) is 0 Å². The van der Waals surface area contributed by atoms with Gasteiger partial charge >= 0.3 is 7.12 Å². The number of amides is 1. The lowest BCUT2D eigenvalue weighted by Gasteiger charge is -2.06. The molecule has 0 aliphatic heterocycles. The van der Waals surface area contributed by atoms with Gasteiger partial charge in [-0.3, -0.25) is 10.2 Å². The maximum absolute atomic E-state index is 11.6. The predicted molar refractivity (Wildman–Crippen MR) is 59.9 cm³/mol. The highest BCUT2D eigenvalue weighted by molar-refractivity contribution is 6.58. The van der Waals surface area contributed by atoms with Crippen LogP contribution in [0.2, 0.25) is 0 Å². The molecule has 0 radical (unpaired) electrons. The molecule has 16 heavy (non-hydrogen) atoms. The van der Waals surface area contributed by atoms with Crippen LogP contribution in [0, 0.1) is 0 Å². The minimum absolute atomic E-state index is 0.217. The number of benzene rings is 1. The number of rotatable bonds is 4. The molecule has 0 bridgehead atoms. The molecule has 0 aromatic heterocycles. The Morgan fingerprint density at radius 1 is 1.25 bits per heavy atom. The van der Waals surface area contributed by atoms with E-state index in [2.05, 4.69) is 10.9 Å². The van der Waals surface area contributed by atoms with E-state index in [1.54, 1.807) is 12.1 Å². The first-order valence-corrected chi connectivity index (χ1v) is 5.19. The van der Waals surface area contributed by atoms with E-state index >= 15 is 0 Å². The standard InChI is InChI=1S/C10H13BN2O3/c14-10(13-12-9-5-6-9)7-1-3-8(4-2-7)11(15)16/h1-4,9,12,15-16H,5-6H2,(H,13,14). The van der Waals surface area contributed by atoms with Crippen LogP contribution in [-0.4, -0.2) is 29.1 Å². The van der Waals surface area contributed by atoms with Crippen LogP contribution < -0.4 is 16.3 Å². The predicted octanol–water partition coefficient (Wildman–Crippen LogP) is -1.24. The van der Waals surface area contributed by atoms with E-state index in [1.165, 1.54) is 12.1 Å². The molecule has 1 aromatic carbocycles. The van der Waals surface area contributed by atoms with Crippen molar-refractivity contribution < 1.29 is 14.8 Å². The molecule has 1 fully saturated rings. The summed E-state index contributed by atoms with van der Waals surface area (Å²) in [7, 11) is -1.50. The van der Waals surface area contributed by atoms with Gasteiger partial charge in [-0.1, -0.05) is 12.1 Å². The molecule has 0 unspecified atom stereocenters. The monoisotopic (exact) mass is 220 g/mol. The number of hydrogen-bond acceptors (Lipinski definition) is 4. The van der Waals surface area contributed by atoms with E-state index in [4.69, 9.17) is 10.0 Å². The molecule has 4 N–H and O–H groups in total. The Bertz CT molecular complexity index is 376. The molecule has 0 spiro atoms. The van der Waals surface area contributed by atoms with Crippen LogP contribution in [0.5, 0.6) is 0 Å². The topological polar surface area (TPSA) is 81.6 Å². The lowest BCUT2D eigenvalue weighted by molar-refractivity contribution is 0.0932. The van der Waals surface area contributed by atoms with Crippen LogP contribution in [0.1, 0.15) is 23.2 Å². The van der Waals surface area contributed by atoms with Crippen molar-refractivity contribution in [1.29, 1.82) is 0 Å². The summed E-state index contributed by atoms with van der Waals surface area (Å²) in [5.74, 6) is -0.217. The van der Waals surface area contributed by atoms with E-state index in [1.807, 2.05) is 0 Å². The van der Waals surface area contributed by atoms with Crippen LogP contribution >= 0.6 is 0 Å². The number of hydrazine groups is 1. The van der Waals surface area contributed by atoms with Gasteiger partial charge in [-0.2, -0.15) is 0 Å². The summed E-state index contributed by atoms with van der Waals surface area (Å²) < 4.78 is 0. The third-order valence-electron chi connectivity index (χ3n) is 2.44. The highest BCUT2D eigenvalue weighted by atomic mass is 16.4.